The number of hydrogen-bond acceptors (Lipinski definition) is 2. The van der Waals surface area contributed by atoms with E-state index in [1.165, 1.54) is 11.1 Å². The van der Waals surface area contributed by atoms with Crippen LogP contribution in [0.15, 0.2) is 36.5 Å². The minimum atomic E-state index is 0.0894. The molecule has 1 heterocycles. The number of nitrogens with zero attached hydrogens (tertiary/aromatic N) is 1. The molecule has 0 saturated heterocycles. The molecule has 1 aromatic carbocycles. The summed E-state index contributed by atoms with van der Waals surface area (Å²) in [4.78, 5) is 4.39. The van der Waals surface area contributed by atoms with E-state index in [4.69, 9.17) is 23.2 Å². The van der Waals surface area contributed by atoms with E-state index in [9.17, 15) is 0 Å². The summed E-state index contributed by atoms with van der Waals surface area (Å²) in [5, 5.41) is 4.60. The molecule has 0 saturated carbocycles. The summed E-state index contributed by atoms with van der Waals surface area (Å²) in [5.74, 6) is 0. The lowest BCUT2D eigenvalue weighted by Crippen LogP contribution is -2.24. The second-order valence-electron chi connectivity index (χ2n) is 4.82. The predicted octanol–water partition coefficient (Wildman–Crippen LogP) is 4.59. The van der Waals surface area contributed by atoms with E-state index >= 15 is 0 Å². The number of nitrogens with one attached hydrogen (secondary N) is 1. The summed E-state index contributed by atoms with van der Waals surface area (Å²) >= 11 is 12.2. The maximum atomic E-state index is 6.27. The van der Waals surface area contributed by atoms with Gasteiger partial charge in [0.15, 0.2) is 0 Å². The monoisotopic (exact) mass is 308 g/mol. The van der Waals surface area contributed by atoms with E-state index in [1.807, 2.05) is 0 Å². The fourth-order valence-electron chi connectivity index (χ4n) is 2.27. The minimum absolute atomic E-state index is 0.0894. The highest BCUT2D eigenvalue weighted by Gasteiger charge is 2.16. The van der Waals surface area contributed by atoms with Crippen LogP contribution in [-0.4, -0.2) is 11.5 Å². The Bertz CT molecular complexity index is 584. The predicted molar refractivity (Wildman–Crippen MR) is 85.6 cm³/mol. The molecule has 2 nitrogen and oxygen atoms in total. The molecule has 20 heavy (non-hydrogen) atoms. The Labute approximate surface area is 130 Å². The number of pyridine rings is 1. The number of benzene rings is 1. The second-order valence-corrected chi connectivity index (χ2v) is 5.67. The quantitative estimate of drug-likeness (QED) is 0.874. The Balaban J connectivity index is 2.26. The Morgan fingerprint density at radius 1 is 1.25 bits per heavy atom. The molecule has 1 aromatic heterocycles. The first-order chi connectivity index (χ1) is 9.60. The summed E-state index contributed by atoms with van der Waals surface area (Å²) < 4.78 is 0. The molecular weight excluding hydrogens is 291 g/mol. The van der Waals surface area contributed by atoms with Crippen LogP contribution in [0.4, 0.5) is 0 Å². The highest BCUT2D eigenvalue weighted by molar-refractivity contribution is 6.34. The van der Waals surface area contributed by atoms with Crippen LogP contribution in [0.25, 0.3) is 0 Å². The topological polar surface area (TPSA) is 24.9 Å². The summed E-state index contributed by atoms with van der Waals surface area (Å²) in [6, 6.07) is 10.3. The van der Waals surface area contributed by atoms with Crippen molar-refractivity contribution in [3.8, 4) is 0 Å². The van der Waals surface area contributed by atoms with E-state index in [0.29, 0.717) is 10.0 Å². The van der Waals surface area contributed by atoms with Gasteiger partial charge in [-0.3, -0.25) is 4.98 Å². The van der Waals surface area contributed by atoms with Crippen LogP contribution in [0.2, 0.25) is 10.0 Å². The molecule has 2 aromatic rings. The van der Waals surface area contributed by atoms with Crippen molar-refractivity contribution in [3.05, 3.63) is 63.4 Å². The summed E-state index contributed by atoms with van der Waals surface area (Å²) in [6.07, 6.45) is 2.49. The van der Waals surface area contributed by atoms with Gasteiger partial charge in [-0.25, -0.2) is 0 Å². The van der Waals surface area contributed by atoms with Crippen LogP contribution in [0.1, 0.15) is 29.8 Å². The second kappa shape index (κ2) is 7.07. The maximum absolute atomic E-state index is 6.27. The molecule has 0 spiro atoms. The third-order valence-electron chi connectivity index (χ3n) is 3.14. The van der Waals surface area contributed by atoms with Gasteiger partial charge in [0.1, 0.15) is 0 Å². The number of aryl methyl sites for hydroxylation is 1. The lowest BCUT2D eigenvalue weighted by molar-refractivity contribution is 0.537. The Kier molecular flexibility index (Phi) is 5.41. The smallest absolute Gasteiger partial charge is 0.0763 e. The van der Waals surface area contributed by atoms with Crippen LogP contribution in [0.3, 0.4) is 0 Å². The van der Waals surface area contributed by atoms with Crippen molar-refractivity contribution in [2.24, 2.45) is 0 Å². The van der Waals surface area contributed by atoms with E-state index < -0.39 is 0 Å². The molecule has 1 atom stereocenters. The van der Waals surface area contributed by atoms with Gasteiger partial charge in [-0.05, 0) is 31.5 Å². The average molecular weight is 309 g/mol. The van der Waals surface area contributed by atoms with E-state index in [0.717, 1.165) is 18.7 Å². The van der Waals surface area contributed by atoms with Gasteiger partial charge >= 0.3 is 0 Å². The molecular formula is C16H18Cl2N2. The van der Waals surface area contributed by atoms with Gasteiger partial charge in [0.05, 0.1) is 21.8 Å². The number of likely N-dealkylation sites (N-methyl/N-ethyl adjacent to an activating group) is 1. The first kappa shape index (κ1) is 15.3. The first-order valence-corrected chi connectivity index (χ1v) is 7.45. The highest BCUT2D eigenvalue weighted by Crippen LogP contribution is 2.26. The summed E-state index contributed by atoms with van der Waals surface area (Å²) in [6.45, 7) is 5.03. The molecule has 0 bridgehead atoms. The van der Waals surface area contributed by atoms with Crippen molar-refractivity contribution in [3.63, 3.8) is 0 Å². The SMILES string of the molecule is CCNC(Cc1cccc(C)c1)c1ncc(Cl)cc1Cl. The van der Waals surface area contributed by atoms with Gasteiger partial charge in [0.25, 0.3) is 0 Å². The summed E-state index contributed by atoms with van der Waals surface area (Å²) in [5.41, 5.74) is 3.37. The van der Waals surface area contributed by atoms with Crippen molar-refractivity contribution >= 4 is 23.2 Å². The maximum Gasteiger partial charge on any atom is 0.0763 e. The molecule has 2 rings (SSSR count). The zero-order chi connectivity index (χ0) is 14.5. The first-order valence-electron chi connectivity index (χ1n) is 6.70. The van der Waals surface area contributed by atoms with Crippen molar-refractivity contribution < 1.29 is 0 Å². The molecule has 1 unspecified atom stereocenters. The lowest BCUT2D eigenvalue weighted by atomic mass is 10.0. The van der Waals surface area contributed by atoms with Gasteiger partial charge in [-0.2, -0.15) is 0 Å². The van der Waals surface area contributed by atoms with Crippen LogP contribution < -0.4 is 5.32 Å². The third kappa shape index (κ3) is 3.95. The minimum Gasteiger partial charge on any atom is -0.309 e. The molecule has 0 radical (unpaired) electrons. The van der Waals surface area contributed by atoms with Crippen LogP contribution >= 0.6 is 23.2 Å². The number of halogens is 2. The number of rotatable bonds is 5. The molecule has 0 aliphatic heterocycles. The van der Waals surface area contributed by atoms with Gasteiger partial charge in [-0.1, -0.05) is 60.0 Å². The van der Waals surface area contributed by atoms with Gasteiger partial charge in [0.2, 0.25) is 0 Å². The Morgan fingerprint density at radius 2 is 2.05 bits per heavy atom. The number of hydrogen-bond donors (Lipinski definition) is 1. The zero-order valence-corrected chi connectivity index (χ0v) is 13.2. The fourth-order valence-corrected chi connectivity index (χ4v) is 2.78. The largest absolute Gasteiger partial charge is 0.309 e. The number of aromatic nitrogens is 1. The Hall–Kier alpha value is -1.09. The van der Waals surface area contributed by atoms with E-state index in [-0.39, 0.29) is 6.04 Å². The molecule has 106 valence electrons. The zero-order valence-electron chi connectivity index (χ0n) is 11.7. The third-order valence-corrected chi connectivity index (χ3v) is 3.65. The van der Waals surface area contributed by atoms with Gasteiger partial charge < -0.3 is 5.32 Å². The highest BCUT2D eigenvalue weighted by atomic mass is 35.5. The van der Waals surface area contributed by atoms with E-state index in [2.05, 4.69) is 48.4 Å². The standard InChI is InChI=1S/C16H18Cl2N2/c1-3-19-15(8-12-6-4-5-11(2)7-12)16-14(18)9-13(17)10-20-16/h4-7,9-10,15,19H,3,8H2,1-2H3. The summed E-state index contributed by atoms with van der Waals surface area (Å²) in [7, 11) is 0. The van der Waals surface area contributed by atoms with E-state index in [1.54, 1.807) is 12.3 Å². The molecule has 4 heteroatoms. The van der Waals surface area contributed by atoms with Crippen LogP contribution in [0.5, 0.6) is 0 Å². The van der Waals surface area contributed by atoms with Crippen molar-refractivity contribution in [2.45, 2.75) is 26.3 Å². The van der Waals surface area contributed by atoms with Crippen molar-refractivity contribution in [2.75, 3.05) is 6.54 Å². The molecule has 1 N–H and O–H groups in total. The van der Waals surface area contributed by atoms with Crippen molar-refractivity contribution in [1.82, 2.24) is 10.3 Å². The molecule has 0 aliphatic rings. The van der Waals surface area contributed by atoms with Crippen LogP contribution in [-0.2, 0) is 6.42 Å². The Morgan fingerprint density at radius 3 is 2.70 bits per heavy atom. The molecule has 0 fully saturated rings. The molecule has 0 aliphatic carbocycles. The van der Waals surface area contributed by atoms with Crippen LogP contribution in [0, 0.1) is 6.92 Å². The fraction of sp³-hybridized carbons (Fsp3) is 0.312. The average Bonchev–Trinajstić information content (AvgIpc) is 2.38. The van der Waals surface area contributed by atoms with Gasteiger partial charge in [-0.15, -0.1) is 0 Å². The lowest BCUT2D eigenvalue weighted by Gasteiger charge is -2.19. The van der Waals surface area contributed by atoms with Gasteiger partial charge in [0, 0.05) is 6.20 Å². The normalized spacial score (nSPS) is 12.4. The molecule has 0 amide bonds. The van der Waals surface area contributed by atoms with Crippen molar-refractivity contribution in [1.29, 1.82) is 0 Å².